The predicted octanol–water partition coefficient (Wildman–Crippen LogP) is 6.05. The van der Waals surface area contributed by atoms with Crippen LogP contribution in [0.4, 0.5) is 36.8 Å². The first-order chi connectivity index (χ1) is 21.3. The van der Waals surface area contributed by atoms with E-state index in [1.54, 1.807) is 0 Å². The van der Waals surface area contributed by atoms with E-state index in [2.05, 4.69) is 38.3 Å². The van der Waals surface area contributed by atoms with Gasteiger partial charge in [-0.2, -0.15) is 13.2 Å². The summed E-state index contributed by atoms with van der Waals surface area (Å²) in [5.41, 5.74) is -1.27. The molecule has 2 N–H and O–H groups in total. The lowest BCUT2D eigenvalue weighted by Crippen LogP contribution is -2.38. The van der Waals surface area contributed by atoms with Gasteiger partial charge in [0.1, 0.15) is 18.1 Å². The normalized spacial score (nSPS) is 14.6. The summed E-state index contributed by atoms with van der Waals surface area (Å²) in [4.78, 5) is 18.6. The van der Waals surface area contributed by atoms with Gasteiger partial charge in [-0.05, 0) is 37.2 Å². The van der Waals surface area contributed by atoms with Crippen LogP contribution in [0.5, 0.6) is 17.2 Å². The Morgan fingerprint density at radius 3 is 2.51 bits per heavy atom. The van der Waals surface area contributed by atoms with E-state index < -0.39 is 55.6 Å². The molecule has 0 aliphatic carbocycles. The molecule has 0 atom stereocenters. The van der Waals surface area contributed by atoms with E-state index in [1.165, 1.54) is 16.8 Å². The number of carbonyl (C=O) groups is 1. The summed E-state index contributed by atoms with van der Waals surface area (Å²) < 4.78 is 104. The minimum absolute atomic E-state index is 0.0594. The van der Waals surface area contributed by atoms with Crippen molar-refractivity contribution >= 4 is 31.5 Å². The van der Waals surface area contributed by atoms with Gasteiger partial charge in [0.05, 0.1) is 24.2 Å². The summed E-state index contributed by atoms with van der Waals surface area (Å²) in [6.45, 7) is 8.34. The van der Waals surface area contributed by atoms with E-state index in [0.29, 0.717) is 32.8 Å². The van der Waals surface area contributed by atoms with Crippen molar-refractivity contribution in [2.45, 2.75) is 44.8 Å². The van der Waals surface area contributed by atoms with Crippen molar-refractivity contribution in [2.75, 3.05) is 51.3 Å². The van der Waals surface area contributed by atoms with Crippen molar-refractivity contribution in [2.24, 2.45) is 0 Å². The number of nitrogens with zero attached hydrogens (tertiary/aromatic N) is 3. The molecule has 4 rings (SSSR count). The third-order valence-electron chi connectivity index (χ3n) is 6.78. The van der Waals surface area contributed by atoms with Crippen molar-refractivity contribution in [1.29, 1.82) is 0 Å². The Bertz CT molecular complexity index is 1430. The molecule has 0 saturated carbocycles. The zero-order valence-corrected chi connectivity index (χ0v) is 25.9. The Morgan fingerprint density at radius 2 is 1.82 bits per heavy atom. The van der Waals surface area contributed by atoms with Crippen molar-refractivity contribution in [3.05, 3.63) is 42.2 Å². The quantitative estimate of drug-likeness (QED) is 0.131. The van der Waals surface area contributed by atoms with Crippen molar-refractivity contribution in [3.63, 3.8) is 0 Å². The molecule has 1 aliphatic heterocycles. The van der Waals surface area contributed by atoms with Gasteiger partial charge in [0.2, 0.25) is 0 Å². The van der Waals surface area contributed by atoms with Gasteiger partial charge in [-0.3, -0.25) is 4.90 Å². The monoisotopic (exact) mass is 663 g/mol. The van der Waals surface area contributed by atoms with Crippen LogP contribution in [0.3, 0.4) is 0 Å². The topological polar surface area (TPSA) is 99.1 Å². The Kier molecular flexibility index (Phi) is 11.6. The molecule has 0 unspecified atom stereocenters. The number of benzene rings is 1. The molecule has 3 aromatic rings. The number of hydrogen-bond acceptors (Lipinski definition) is 7. The average molecular weight is 664 g/mol. The number of urea groups is 1. The zero-order chi connectivity index (χ0) is 32.6. The highest BCUT2D eigenvalue weighted by Crippen LogP contribution is 2.43. The lowest BCUT2D eigenvalue weighted by atomic mass is 10.2. The van der Waals surface area contributed by atoms with Gasteiger partial charge in [0.25, 0.3) is 0 Å². The second-order valence-electron chi connectivity index (χ2n) is 10.7. The molecule has 3 heterocycles. The molecule has 0 spiro atoms. The van der Waals surface area contributed by atoms with Crippen LogP contribution in [0, 0.1) is 0 Å². The van der Waals surface area contributed by atoms with Gasteiger partial charge in [0, 0.05) is 59.2 Å². The molecule has 248 valence electrons. The number of hydrogen-bond donors (Lipinski definition) is 2. The van der Waals surface area contributed by atoms with Crippen LogP contribution in [0.25, 0.3) is 11.0 Å². The van der Waals surface area contributed by atoms with E-state index >= 15 is 0 Å². The summed E-state index contributed by atoms with van der Waals surface area (Å²) in [6.07, 6.45) is -7.33. The largest absolute Gasteiger partial charge is 0.573 e. The van der Waals surface area contributed by atoms with Gasteiger partial charge >= 0.3 is 18.6 Å². The number of nitrogens with one attached hydrogen (secondary N) is 2. The van der Waals surface area contributed by atoms with Crippen molar-refractivity contribution in [1.82, 2.24) is 19.8 Å². The van der Waals surface area contributed by atoms with Gasteiger partial charge in [-0.15, -0.1) is 13.2 Å². The number of anilines is 1. The summed E-state index contributed by atoms with van der Waals surface area (Å²) in [5, 5.41) is 4.61. The second kappa shape index (κ2) is 15.2. The number of halogens is 6. The fraction of sp³-hybridized carbons (Fsp3) is 0.500. The smallest absolute Gasteiger partial charge is 0.453 e. The lowest BCUT2D eigenvalue weighted by Gasteiger charge is -2.26. The minimum atomic E-state index is -5.16. The number of amides is 2. The Balaban J connectivity index is 1.52. The van der Waals surface area contributed by atoms with Gasteiger partial charge in [-0.25, -0.2) is 9.78 Å². The maximum absolute atomic E-state index is 14.1. The highest BCUT2D eigenvalue weighted by Gasteiger charge is 2.37. The molecule has 1 saturated heterocycles. The molecule has 17 heteroatoms. The third kappa shape index (κ3) is 10.2. The number of rotatable bonds is 13. The summed E-state index contributed by atoms with van der Waals surface area (Å²) in [7, 11) is -0.934. The Morgan fingerprint density at radius 1 is 1.07 bits per heavy atom. The zero-order valence-electron chi connectivity index (χ0n) is 24.8. The maximum atomic E-state index is 14.1. The first-order valence-corrected chi connectivity index (χ1v) is 17.5. The van der Waals surface area contributed by atoms with Crippen LogP contribution in [0.15, 0.2) is 36.7 Å². The van der Waals surface area contributed by atoms with Gasteiger partial charge in [-0.1, -0.05) is 13.1 Å². The SMILES string of the molecule is C[SiH](C)CCOCn1cc(C(F)(F)F)c2c(Oc3ccc(NC(=O)NCCCN4CCOCC4)cc3OC(F)(F)F)ccnc21. The molecule has 0 radical (unpaired) electrons. The molecule has 10 nitrogen and oxygen atoms in total. The molecule has 45 heavy (non-hydrogen) atoms. The lowest BCUT2D eigenvalue weighted by molar-refractivity contribution is -0.275. The minimum Gasteiger partial charge on any atom is -0.453 e. The Hall–Kier alpha value is -3.54. The highest BCUT2D eigenvalue weighted by molar-refractivity contribution is 6.55. The van der Waals surface area contributed by atoms with Crippen LogP contribution >= 0.6 is 0 Å². The third-order valence-corrected chi connectivity index (χ3v) is 8.17. The molecular weight excluding hydrogens is 628 g/mol. The van der Waals surface area contributed by atoms with Crippen LogP contribution in [-0.2, 0) is 22.4 Å². The summed E-state index contributed by atoms with van der Waals surface area (Å²) >= 11 is 0. The van der Waals surface area contributed by atoms with Crippen LogP contribution in [0.1, 0.15) is 12.0 Å². The van der Waals surface area contributed by atoms with Crippen molar-refractivity contribution in [3.8, 4) is 17.2 Å². The maximum Gasteiger partial charge on any atom is 0.573 e. The van der Waals surface area contributed by atoms with Gasteiger partial charge in [0.15, 0.2) is 11.5 Å². The van der Waals surface area contributed by atoms with E-state index in [-0.39, 0.29) is 18.1 Å². The van der Waals surface area contributed by atoms with E-state index in [9.17, 15) is 31.1 Å². The molecule has 2 aromatic heterocycles. The first kappa shape index (κ1) is 34.3. The van der Waals surface area contributed by atoms with Crippen LogP contribution < -0.4 is 20.1 Å². The molecule has 0 bridgehead atoms. The van der Waals surface area contributed by atoms with E-state index in [1.807, 2.05) is 0 Å². The summed E-state index contributed by atoms with van der Waals surface area (Å²) in [5.74, 6) is -1.80. The number of fused-ring (bicyclic) bond motifs is 1. The fourth-order valence-electron chi connectivity index (χ4n) is 4.56. The van der Waals surface area contributed by atoms with E-state index in [4.69, 9.17) is 14.2 Å². The number of pyridine rings is 1. The molecule has 2 amide bonds. The van der Waals surface area contributed by atoms with Crippen molar-refractivity contribution < 1.29 is 50.1 Å². The van der Waals surface area contributed by atoms with Crippen LogP contribution in [-0.4, -0.2) is 81.6 Å². The molecule has 1 fully saturated rings. The first-order valence-electron chi connectivity index (χ1n) is 14.4. The fourth-order valence-corrected chi connectivity index (χ4v) is 5.20. The number of ether oxygens (including phenoxy) is 4. The number of morpholine rings is 1. The standard InChI is InChI=1S/C28H35F6N5O5Si/c1-45(2)15-14-42-18-39-17-20(27(29,30)31)24-22(6-8-35-25(24)39)43-21-5-4-19(16-23(21)44-28(32,33)34)37-26(40)36-7-3-9-38-10-12-41-13-11-38/h4-6,8,16-17,45H,3,7,9-15,18H2,1-2H3,(H2,36,37,40). The molecular formula is C28H35F6N5O5Si. The average Bonchev–Trinajstić information content (AvgIpc) is 3.35. The summed E-state index contributed by atoms with van der Waals surface area (Å²) in [6, 6.07) is 4.46. The number of aromatic nitrogens is 2. The van der Waals surface area contributed by atoms with Crippen LogP contribution in [0.2, 0.25) is 19.1 Å². The van der Waals surface area contributed by atoms with Gasteiger partial charge < -0.3 is 34.1 Å². The molecule has 1 aromatic carbocycles. The molecule has 1 aliphatic rings. The second-order valence-corrected chi connectivity index (χ2v) is 14.1. The number of carbonyl (C=O) groups excluding carboxylic acids is 1. The Labute approximate surface area is 257 Å². The number of alkyl halides is 6. The highest BCUT2D eigenvalue weighted by atomic mass is 28.3. The van der Waals surface area contributed by atoms with E-state index in [0.717, 1.165) is 50.1 Å². The predicted molar refractivity (Wildman–Crippen MR) is 156 cm³/mol.